The summed E-state index contributed by atoms with van der Waals surface area (Å²) < 4.78 is 25.9. The Balaban J connectivity index is 1.75. The molecule has 1 unspecified atom stereocenters. The number of aliphatic carboxylic acids is 1. The summed E-state index contributed by atoms with van der Waals surface area (Å²) in [4.78, 5) is 11.2. The standard InChI is InChI=1S/C16H26O15/c17-3-1-28-16(29-4-2-27-14(26)9(22)6(4)19)12(5(3)18)31-15-10(23)7(20)8(21)11(30-15)13(24)25/h3-12,14-23,26H,1-2H2,(H,24,25)/t3-,4-,5+,6+,7+,8+,9-,10-,11+,12-,14?,15-,16+/m1/s1. The van der Waals surface area contributed by atoms with Crippen molar-refractivity contribution in [3.8, 4) is 0 Å². The average molecular weight is 458 g/mol. The van der Waals surface area contributed by atoms with Crippen molar-refractivity contribution in [2.24, 2.45) is 0 Å². The molecule has 3 rings (SSSR count). The summed E-state index contributed by atoms with van der Waals surface area (Å²) in [6.45, 7) is -0.827. The third-order valence-electron chi connectivity index (χ3n) is 5.30. The first-order chi connectivity index (χ1) is 14.5. The van der Waals surface area contributed by atoms with E-state index in [0.717, 1.165) is 0 Å². The molecule has 15 heteroatoms. The van der Waals surface area contributed by atoms with Crippen LogP contribution in [0.2, 0.25) is 0 Å². The maximum Gasteiger partial charge on any atom is 0.335 e. The molecular weight excluding hydrogens is 432 g/mol. The summed E-state index contributed by atoms with van der Waals surface area (Å²) in [5, 5.41) is 88.2. The molecular formula is C16H26O15. The highest BCUT2D eigenvalue weighted by molar-refractivity contribution is 5.73. The van der Waals surface area contributed by atoms with Crippen molar-refractivity contribution < 1.29 is 74.4 Å². The van der Waals surface area contributed by atoms with Crippen molar-refractivity contribution in [1.82, 2.24) is 0 Å². The van der Waals surface area contributed by atoms with Gasteiger partial charge in [-0.3, -0.25) is 0 Å². The summed E-state index contributed by atoms with van der Waals surface area (Å²) in [5.41, 5.74) is 0. The minimum atomic E-state index is -1.98. The Bertz CT molecular complexity index is 620. The Morgan fingerprint density at radius 3 is 2.03 bits per heavy atom. The first-order valence-corrected chi connectivity index (χ1v) is 9.39. The van der Waals surface area contributed by atoms with Crippen LogP contribution in [0.5, 0.6) is 0 Å². The van der Waals surface area contributed by atoms with Crippen LogP contribution in [0.15, 0.2) is 0 Å². The molecule has 3 heterocycles. The zero-order valence-corrected chi connectivity index (χ0v) is 15.9. The number of rotatable bonds is 5. The first-order valence-electron chi connectivity index (χ1n) is 9.39. The van der Waals surface area contributed by atoms with Crippen LogP contribution in [-0.2, 0) is 28.5 Å². The highest BCUT2D eigenvalue weighted by atomic mass is 16.8. The maximum absolute atomic E-state index is 11.2. The van der Waals surface area contributed by atoms with Crippen LogP contribution in [0.25, 0.3) is 0 Å². The van der Waals surface area contributed by atoms with E-state index in [1.807, 2.05) is 0 Å². The number of carbonyl (C=O) groups is 1. The topological polar surface area (TPSA) is 245 Å². The van der Waals surface area contributed by atoms with Gasteiger partial charge < -0.3 is 69.6 Å². The molecule has 31 heavy (non-hydrogen) atoms. The molecule has 0 aromatic rings. The molecule has 15 nitrogen and oxygen atoms in total. The van der Waals surface area contributed by atoms with Crippen LogP contribution in [-0.4, -0.2) is 145 Å². The molecule has 0 saturated carbocycles. The molecule has 0 aliphatic carbocycles. The van der Waals surface area contributed by atoms with E-state index < -0.39 is 92.5 Å². The van der Waals surface area contributed by atoms with Gasteiger partial charge in [-0.15, -0.1) is 0 Å². The van der Waals surface area contributed by atoms with Crippen molar-refractivity contribution in [1.29, 1.82) is 0 Å². The molecule has 3 saturated heterocycles. The van der Waals surface area contributed by atoms with E-state index >= 15 is 0 Å². The Hall–Kier alpha value is -1.05. The lowest BCUT2D eigenvalue weighted by molar-refractivity contribution is -0.367. The number of carboxylic acid groups (broad SMARTS) is 1. The summed E-state index contributed by atoms with van der Waals surface area (Å²) in [5.74, 6) is -1.66. The summed E-state index contributed by atoms with van der Waals surface area (Å²) >= 11 is 0. The second-order valence-corrected chi connectivity index (χ2v) is 7.48. The lowest BCUT2D eigenvalue weighted by Crippen LogP contribution is -2.64. The van der Waals surface area contributed by atoms with Gasteiger partial charge in [0.2, 0.25) is 0 Å². The quantitative estimate of drug-likeness (QED) is 0.186. The minimum Gasteiger partial charge on any atom is -0.479 e. The van der Waals surface area contributed by atoms with Crippen LogP contribution in [0, 0.1) is 0 Å². The second kappa shape index (κ2) is 9.84. The third kappa shape index (κ3) is 4.98. The van der Waals surface area contributed by atoms with E-state index in [4.69, 9.17) is 28.8 Å². The van der Waals surface area contributed by atoms with Gasteiger partial charge in [0.05, 0.1) is 13.2 Å². The zero-order chi connectivity index (χ0) is 23.0. The molecule has 13 atom stereocenters. The van der Waals surface area contributed by atoms with Crippen molar-refractivity contribution in [3.63, 3.8) is 0 Å². The monoisotopic (exact) mass is 458 g/mol. The highest BCUT2D eigenvalue weighted by Gasteiger charge is 2.51. The first kappa shape index (κ1) is 24.6. The molecule has 0 aromatic heterocycles. The molecule has 3 aliphatic heterocycles. The average Bonchev–Trinajstić information content (AvgIpc) is 2.73. The number of hydrogen-bond donors (Lipinski definition) is 9. The van der Waals surface area contributed by atoms with Gasteiger partial charge in [-0.1, -0.05) is 0 Å². The van der Waals surface area contributed by atoms with Crippen molar-refractivity contribution >= 4 is 5.97 Å². The normalized spacial score (nSPS) is 51.4. The lowest BCUT2D eigenvalue weighted by atomic mass is 9.98. The second-order valence-electron chi connectivity index (χ2n) is 7.48. The number of hydrogen-bond acceptors (Lipinski definition) is 14. The molecule has 0 spiro atoms. The Morgan fingerprint density at radius 2 is 1.39 bits per heavy atom. The van der Waals surface area contributed by atoms with Gasteiger partial charge in [-0.05, 0) is 0 Å². The van der Waals surface area contributed by atoms with Gasteiger partial charge in [0.15, 0.2) is 25.0 Å². The Kier molecular flexibility index (Phi) is 7.80. The van der Waals surface area contributed by atoms with Crippen LogP contribution in [0.1, 0.15) is 0 Å². The number of aliphatic hydroxyl groups is 8. The fourth-order valence-corrected chi connectivity index (χ4v) is 3.42. The fourth-order valence-electron chi connectivity index (χ4n) is 3.42. The van der Waals surface area contributed by atoms with Crippen LogP contribution < -0.4 is 0 Å². The van der Waals surface area contributed by atoms with Gasteiger partial charge >= 0.3 is 5.97 Å². The summed E-state index contributed by atoms with van der Waals surface area (Å²) in [6.07, 6.45) is -22.4. The summed E-state index contributed by atoms with van der Waals surface area (Å²) in [7, 11) is 0. The number of carboxylic acids is 1. The van der Waals surface area contributed by atoms with Gasteiger partial charge in [0.1, 0.15) is 54.9 Å². The van der Waals surface area contributed by atoms with E-state index in [1.54, 1.807) is 0 Å². The molecule has 0 aromatic carbocycles. The Labute approximate surface area is 174 Å². The van der Waals surface area contributed by atoms with Gasteiger partial charge in [-0.2, -0.15) is 0 Å². The van der Waals surface area contributed by atoms with Crippen molar-refractivity contribution in [3.05, 3.63) is 0 Å². The fraction of sp³-hybridized carbons (Fsp3) is 0.938. The highest BCUT2D eigenvalue weighted by Crippen LogP contribution is 2.29. The zero-order valence-electron chi connectivity index (χ0n) is 15.9. The molecule has 0 bridgehead atoms. The van der Waals surface area contributed by atoms with Crippen molar-refractivity contribution in [2.45, 2.75) is 79.9 Å². The van der Waals surface area contributed by atoms with Gasteiger partial charge in [-0.25, -0.2) is 4.79 Å². The van der Waals surface area contributed by atoms with E-state index in [0.29, 0.717) is 0 Å². The molecule has 0 radical (unpaired) electrons. The molecule has 9 N–H and O–H groups in total. The van der Waals surface area contributed by atoms with Crippen LogP contribution in [0.4, 0.5) is 0 Å². The number of aliphatic hydroxyl groups excluding tert-OH is 8. The van der Waals surface area contributed by atoms with E-state index in [1.165, 1.54) is 0 Å². The predicted molar refractivity (Wildman–Crippen MR) is 89.8 cm³/mol. The maximum atomic E-state index is 11.2. The van der Waals surface area contributed by atoms with Crippen molar-refractivity contribution in [2.75, 3.05) is 13.2 Å². The van der Waals surface area contributed by atoms with E-state index in [2.05, 4.69) is 0 Å². The van der Waals surface area contributed by atoms with Crippen LogP contribution >= 0.6 is 0 Å². The Morgan fingerprint density at radius 1 is 0.710 bits per heavy atom. The lowest BCUT2D eigenvalue weighted by Gasteiger charge is -2.45. The largest absolute Gasteiger partial charge is 0.479 e. The minimum absolute atomic E-state index is 0.390. The number of ether oxygens (including phenoxy) is 5. The molecule has 3 fully saturated rings. The predicted octanol–water partition coefficient (Wildman–Crippen LogP) is -6.20. The van der Waals surface area contributed by atoms with E-state index in [9.17, 15) is 45.6 Å². The molecule has 3 aliphatic rings. The molecule has 0 amide bonds. The smallest absolute Gasteiger partial charge is 0.335 e. The van der Waals surface area contributed by atoms with E-state index in [-0.39, 0.29) is 6.61 Å². The van der Waals surface area contributed by atoms with Gasteiger partial charge in [0.25, 0.3) is 0 Å². The van der Waals surface area contributed by atoms with Gasteiger partial charge in [0, 0.05) is 0 Å². The molecule has 180 valence electrons. The summed E-state index contributed by atoms with van der Waals surface area (Å²) in [6, 6.07) is 0. The van der Waals surface area contributed by atoms with Crippen LogP contribution in [0.3, 0.4) is 0 Å². The SMILES string of the molecule is O=C(O)[C@H]1O[C@H](O[C@H]2[C@H](O[C@@H]3COC(O)[C@H](O)[C@H]3O)OC[C@@H](O)[C@@H]2O)[C@H](O)[C@@H](O)[C@@H]1O. The third-order valence-corrected chi connectivity index (χ3v) is 5.30.